The molecule has 0 N–H and O–H groups in total. The second-order valence-corrected chi connectivity index (χ2v) is 8.95. The van der Waals surface area contributed by atoms with Gasteiger partial charge in [-0.05, 0) is 69.3 Å². The van der Waals surface area contributed by atoms with Crippen LogP contribution in [0.5, 0.6) is 0 Å². The Labute approximate surface area is 180 Å². The largest absolute Gasteiger partial charge is 0.315 e. The molecule has 0 radical (unpaired) electrons. The lowest BCUT2D eigenvalue weighted by Crippen LogP contribution is -1.95. The zero-order valence-corrected chi connectivity index (χ0v) is 17.0. The van der Waals surface area contributed by atoms with E-state index in [0.29, 0.717) is 0 Å². The highest BCUT2D eigenvalue weighted by atomic mass is 14.9. The van der Waals surface area contributed by atoms with Crippen LogP contribution < -0.4 is 0 Å². The van der Waals surface area contributed by atoms with Crippen LogP contribution in [0.3, 0.4) is 0 Å². The van der Waals surface area contributed by atoms with E-state index in [1.165, 1.54) is 71.7 Å². The summed E-state index contributed by atoms with van der Waals surface area (Å²) >= 11 is 0. The van der Waals surface area contributed by atoms with Gasteiger partial charge in [-0.15, -0.1) is 0 Å². The van der Waals surface area contributed by atoms with Crippen molar-refractivity contribution in [1.82, 2.24) is 4.40 Å². The maximum absolute atomic E-state index is 2.44. The lowest BCUT2D eigenvalue weighted by atomic mass is 9.93. The van der Waals surface area contributed by atoms with Crippen LogP contribution in [0.2, 0.25) is 0 Å². The van der Waals surface area contributed by atoms with Crippen molar-refractivity contribution in [2.24, 2.45) is 0 Å². The molecule has 144 valence electrons. The summed E-state index contributed by atoms with van der Waals surface area (Å²) in [4.78, 5) is 0. The van der Waals surface area contributed by atoms with Crippen LogP contribution in [-0.2, 0) is 12.8 Å². The topological polar surface area (TPSA) is 4.41 Å². The number of fused-ring (bicyclic) bond motifs is 14. The molecule has 6 aromatic rings. The molecule has 0 aliphatic heterocycles. The molecular formula is C30H19N. The van der Waals surface area contributed by atoms with E-state index in [1.807, 2.05) is 0 Å². The van der Waals surface area contributed by atoms with Gasteiger partial charge in [0.25, 0.3) is 0 Å². The Balaban J connectivity index is 1.62. The van der Waals surface area contributed by atoms with Crippen LogP contribution >= 0.6 is 0 Å². The van der Waals surface area contributed by atoms with E-state index in [2.05, 4.69) is 95.5 Å². The fraction of sp³-hybridized carbons (Fsp3) is 0.0667. The summed E-state index contributed by atoms with van der Waals surface area (Å²) in [6.45, 7) is 0. The Hall–Kier alpha value is -3.84. The number of aromatic nitrogens is 1. The van der Waals surface area contributed by atoms with Crippen molar-refractivity contribution in [1.29, 1.82) is 0 Å². The van der Waals surface area contributed by atoms with Gasteiger partial charge in [-0.2, -0.15) is 0 Å². The van der Waals surface area contributed by atoms with Crippen molar-refractivity contribution in [2.75, 3.05) is 0 Å². The highest BCUT2D eigenvalue weighted by Gasteiger charge is 2.26. The summed E-state index contributed by atoms with van der Waals surface area (Å²) < 4.78 is 2.44. The second kappa shape index (κ2) is 5.44. The first-order chi connectivity index (χ1) is 15.4. The quantitative estimate of drug-likeness (QED) is 0.237. The van der Waals surface area contributed by atoms with Gasteiger partial charge in [0.2, 0.25) is 0 Å². The Morgan fingerprint density at radius 2 is 1.16 bits per heavy atom. The third-order valence-electron chi connectivity index (χ3n) is 7.43. The molecule has 2 heterocycles. The summed E-state index contributed by atoms with van der Waals surface area (Å²) in [5, 5.41) is 4.11. The van der Waals surface area contributed by atoms with Gasteiger partial charge >= 0.3 is 0 Å². The van der Waals surface area contributed by atoms with Crippen molar-refractivity contribution in [3.05, 3.63) is 113 Å². The zero-order valence-electron chi connectivity index (χ0n) is 17.0. The Morgan fingerprint density at radius 3 is 1.94 bits per heavy atom. The molecule has 2 aliphatic rings. The number of hydrogen-bond acceptors (Lipinski definition) is 0. The lowest BCUT2D eigenvalue weighted by molar-refractivity contribution is 1.25. The number of rotatable bonds is 0. The number of nitrogens with zero attached hydrogens (tertiary/aromatic N) is 1. The average Bonchev–Trinajstić information content (AvgIpc) is 3.52. The van der Waals surface area contributed by atoms with Crippen LogP contribution in [0, 0.1) is 0 Å². The van der Waals surface area contributed by atoms with Crippen LogP contribution in [0.15, 0.2) is 91.1 Å². The molecule has 0 spiro atoms. The first kappa shape index (κ1) is 15.9. The summed E-state index contributed by atoms with van der Waals surface area (Å²) in [6.07, 6.45) is 4.31. The summed E-state index contributed by atoms with van der Waals surface area (Å²) in [7, 11) is 0. The number of pyridine rings is 1. The van der Waals surface area contributed by atoms with E-state index < -0.39 is 0 Å². The van der Waals surface area contributed by atoms with E-state index in [1.54, 1.807) is 0 Å². The van der Waals surface area contributed by atoms with Gasteiger partial charge in [-0.25, -0.2) is 0 Å². The van der Waals surface area contributed by atoms with E-state index in [0.717, 1.165) is 12.8 Å². The fourth-order valence-corrected chi connectivity index (χ4v) is 6.17. The molecule has 0 saturated heterocycles. The van der Waals surface area contributed by atoms with Crippen LogP contribution in [0.25, 0.3) is 49.4 Å². The van der Waals surface area contributed by atoms with Crippen molar-refractivity contribution in [3.8, 4) is 22.3 Å². The van der Waals surface area contributed by atoms with Gasteiger partial charge in [0.1, 0.15) is 0 Å². The fourth-order valence-electron chi connectivity index (χ4n) is 6.17. The van der Waals surface area contributed by atoms with E-state index in [-0.39, 0.29) is 0 Å². The highest BCUT2D eigenvalue weighted by Crippen LogP contribution is 2.48. The molecule has 0 unspecified atom stereocenters. The van der Waals surface area contributed by atoms with E-state index in [4.69, 9.17) is 0 Å². The molecule has 2 aliphatic carbocycles. The molecule has 0 bridgehead atoms. The van der Waals surface area contributed by atoms with Crippen LogP contribution in [-0.4, -0.2) is 4.40 Å². The zero-order chi connectivity index (χ0) is 20.1. The summed E-state index contributed by atoms with van der Waals surface area (Å²) in [6, 6.07) is 31.7. The Morgan fingerprint density at radius 1 is 0.516 bits per heavy atom. The van der Waals surface area contributed by atoms with Crippen molar-refractivity contribution in [2.45, 2.75) is 12.8 Å². The first-order valence-electron chi connectivity index (χ1n) is 11.1. The lowest BCUT2D eigenvalue weighted by Gasteiger charge is -2.16. The third kappa shape index (κ3) is 1.88. The molecule has 0 fully saturated rings. The molecule has 2 aromatic heterocycles. The summed E-state index contributed by atoms with van der Waals surface area (Å²) in [5.41, 5.74) is 14.1. The van der Waals surface area contributed by atoms with Gasteiger partial charge in [-0.1, -0.05) is 72.8 Å². The van der Waals surface area contributed by atoms with Crippen molar-refractivity contribution in [3.63, 3.8) is 0 Å². The van der Waals surface area contributed by atoms with E-state index in [9.17, 15) is 0 Å². The Bertz CT molecular complexity index is 1600. The van der Waals surface area contributed by atoms with Gasteiger partial charge in [-0.3, -0.25) is 0 Å². The third-order valence-corrected chi connectivity index (χ3v) is 7.43. The normalized spacial score (nSPS) is 13.5. The molecule has 1 heteroatoms. The molecule has 1 nitrogen and oxygen atoms in total. The minimum absolute atomic E-state index is 1.03. The highest BCUT2D eigenvalue weighted by molar-refractivity contribution is 6.21. The monoisotopic (exact) mass is 393 g/mol. The summed E-state index contributed by atoms with van der Waals surface area (Å²) in [5.74, 6) is 0. The molecule has 0 amide bonds. The molecular weight excluding hydrogens is 374 g/mol. The molecule has 0 saturated carbocycles. The molecule has 0 atom stereocenters. The SMILES string of the molecule is c1ccc2c(c1)Cc1ccc3c4ccc5c(c4n4cccc4c3c1-2)-c1ccccc1C5. The van der Waals surface area contributed by atoms with Crippen LogP contribution in [0.4, 0.5) is 0 Å². The predicted molar refractivity (Wildman–Crippen MR) is 129 cm³/mol. The smallest absolute Gasteiger partial charge is 0.0615 e. The number of benzene rings is 4. The van der Waals surface area contributed by atoms with Gasteiger partial charge in [0, 0.05) is 22.5 Å². The molecule has 4 aromatic carbocycles. The first-order valence-corrected chi connectivity index (χ1v) is 11.1. The van der Waals surface area contributed by atoms with E-state index >= 15 is 0 Å². The van der Waals surface area contributed by atoms with Gasteiger partial charge in [0.05, 0.1) is 11.0 Å². The number of hydrogen-bond donors (Lipinski definition) is 0. The molecule has 31 heavy (non-hydrogen) atoms. The average molecular weight is 393 g/mol. The Kier molecular flexibility index (Phi) is 2.80. The second-order valence-electron chi connectivity index (χ2n) is 8.95. The van der Waals surface area contributed by atoms with Crippen molar-refractivity contribution >= 4 is 27.2 Å². The minimum Gasteiger partial charge on any atom is -0.315 e. The predicted octanol–water partition coefficient (Wildman–Crippen LogP) is 7.39. The minimum atomic E-state index is 1.03. The van der Waals surface area contributed by atoms with Crippen LogP contribution in [0.1, 0.15) is 22.3 Å². The maximum Gasteiger partial charge on any atom is 0.0615 e. The van der Waals surface area contributed by atoms with Crippen molar-refractivity contribution < 1.29 is 0 Å². The van der Waals surface area contributed by atoms with Gasteiger partial charge < -0.3 is 4.40 Å². The maximum atomic E-state index is 2.44. The standard InChI is InChI=1S/C30H19N/c1-3-8-22-18(6-1)16-20-11-13-24-25-14-12-21-17-19-7-2-4-9-23(19)28(21)30(25)31-15-5-10-26(31)29(24)27(20)22/h1-15H,16-17H2. The molecule has 8 rings (SSSR count). The van der Waals surface area contributed by atoms with Gasteiger partial charge in [0.15, 0.2) is 0 Å².